The van der Waals surface area contributed by atoms with Crippen molar-refractivity contribution in [1.82, 2.24) is 4.90 Å². The van der Waals surface area contributed by atoms with Crippen LogP contribution in [-0.2, 0) is 0 Å². The van der Waals surface area contributed by atoms with Crippen LogP contribution >= 0.6 is 0 Å². The third-order valence-electron chi connectivity index (χ3n) is 1.65. The van der Waals surface area contributed by atoms with Crippen molar-refractivity contribution in [3.63, 3.8) is 0 Å². The smallest absolute Gasteiger partial charge is 0.247 e. The van der Waals surface area contributed by atoms with E-state index in [2.05, 4.69) is 0 Å². The zero-order chi connectivity index (χ0) is 6.36. The molecule has 1 saturated heterocycles. The van der Waals surface area contributed by atoms with E-state index < -0.39 is 12.0 Å². The standard InChI is InChI=1S/C5H9F2N/c1-4-3-8(2)5(4,6)7/h4H,3H2,1-2H3. The minimum Gasteiger partial charge on any atom is -0.247 e. The van der Waals surface area contributed by atoms with Crippen molar-refractivity contribution in [1.29, 1.82) is 0 Å². The van der Waals surface area contributed by atoms with Crippen LogP contribution in [-0.4, -0.2) is 24.5 Å². The summed E-state index contributed by atoms with van der Waals surface area (Å²) >= 11 is 0. The van der Waals surface area contributed by atoms with Crippen molar-refractivity contribution in [3.8, 4) is 0 Å². The minimum absolute atomic E-state index is 0.451. The molecular weight excluding hydrogens is 112 g/mol. The molecule has 1 atom stereocenters. The Morgan fingerprint density at radius 3 is 2.12 bits per heavy atom. The van der Waals surface area contributed by atoms with Gasteiger partial charge in [-0.1, -0.05) is 6.92 Å². The molecule has 8 heavy (non-hydrogen) atoms. The third-order valence-corrected chi connectivity index (χ3v) is 1.65. The van der Waals surface area contributed by atoms with Crippen molar-refractivity contribution >= 4 is 0 Å². The fraction of sp³-hybridized carbons (Fsp3) is 1.00. The molecule has 1 unspecified atom stereocenters. The molecule has 0 aromatic heterocycles. The first-order valence-corrected chi connectivity index (χ1v) is 2.64. The van der Waals surface area contributed by atoms with E-state index in [4.69, 9.17) is 0 Å². The van der Waals surface area contributed by atoms with Gasteiger partial charge in [0.05, 0.1) is 0 Å². The van der Waals surface area contributed by atoms with Gasteiger partial charge in [-0.15, -0.1) is 0 Å². The van der Waals surface area contributed by atoms with Gasteiger partial charge in [-0.3, -0.25) is 0 Å². The topological polar surface area (TPSA) is 3.24 Å². The molecule has 0 bridgehead atoms. The Bertz CT molecular complexity index is 92.6. The minimum atomic E-state index is -2.53. The van der Waals surface area contributed by atoms with Gasteiger partial charge in [0.25, 0.3) is 0 Å². The van der Waals surface area contributed by atoms with Crippen molar-refractivity contribution in [2.45, 2.75) is 13.0 Å². The lowest BCUT2D eigenvalue weighted by molar-refractivity contribution is -0.246. The normalized spacial score (nSPS) is 36.8. The highest BCUT2D eigenvalue weighted by molar-refractivity contribution is 4.85. The van der Waals surface area contributed by atoms with E-state index in [-0.39, 0.29) is 0 Å². The molecule has 1 aliphatic heterocycles. The quantitative estimate of drug-likeness (QED) is 0.435. The van der Waals surface area contributed by atoms with E-state index in [0.717, 1.165) is 4.90 Å². The maximum atomic E-state index is 12.3. The lowest BCUT2D eigenvalue weighted by Crippen LogP contribution is -2.58. The van der Waals surface area contributed by atoms with Crippen LogP contribution in [0.5, 0.6) is 0 Å². The highest BCUT2D eigenvalue weighted by Crippen LogP contribution is 2.36. The summed E-state index contributed by atoms with van der Waals surface area (Å²) in [7, 11) is 1.43. The molecule has 1 aliphatic rings. The summed E-state index contributed by atoms with van der Waals surface area (Å²) in [6.45, 7) is 2.08. The average Bonchev–Trinajstić information content (AvgIpc) is 1.68. The van der Waals surface area contributed by atoms with Gasteiger partial charge in [-0.05, 0) is 7.05 Å². The van der Waals surface area contributed by atoms with Crippen molar-refractivity contribution < 1.29 is 8.78 Å². The second-order valence-corrected chi connectivity index (χ2v) is 2.37. The largest absolute Gasteiger partial charge is 0.308 e. The highest BCUT2D eigenvalue weighted by Gasteiger charge is 2.50. The van der Waals surface area contributed by atoms with Crippen LogP contribution in [0.2, 0.25) is 0 Å². The zero-order valence-corrected chi connectivity index (χ0v) is 4.99. The van der Waals surface area contributed by atoms with Gasteiger partial charge < -0.3 is 0 Å². The molecule has 0 radical (unpaired) electrons. The number of hydrogen-bond acceptors (Lipinski definition) is 1. The van der Waals surface area contributed by atoms with Gasteiger partial charge in [-0.2, -0.15) is 8.78 Å². The number of hydrogen-bond donors (Lipinski definition) is 0. The van der Waals surface area contributed by atoms with E-state index in [0.29, 0.717) is 6.54 Å². The van der Waals surface area contributed by atoms with E-state index in [1.807, 2.05) is 0 Å². The van der Waals surface area contributed by atoms with Crippen molar-refractivity contribution in [2.24, 2.45) is 5.92 Å². The summed E-state index contributed by atoms with van der Waals surface area (Å²) in [6.07, 6.45) is 0. The van der Waals surface area contributed by atoms with E-state index in [1.165, 1.54) is 7.05 Å². The first-order valence-electron chi connectivity index (χ1n) is 2.64. The van der Waals surface area contributed by atoms with E-state index >= 15 is 0 Å². The molecule has 1 fully saturated rings. The SMILES string of the molecule is CC1CN(C)C1(F)F. The number of nitrogens with zero attached hydrogens (tertiary/aromatic N) is 1. The molecule has 0 aliphatic carbocycles. The predicted molar refractivity (Wildman–Crippen MR) is 26.7 cm³/mol. The Morgan fingerprint density at radius 2 is 2.12 bits per heavy atom. The summed E-state index contributed by atoms with van der Waals surface area (Å²) in [5.74, 6) is -0.451. The average molecular weight is 121 g/mol. The lowest BCUT2D eigenvalue weighted by Gasteiger charge is -2.43. The third kappa shape index (κ3) is 0.540. The molecule has 3 heteroatoms. The maximum Gasteiger partial charge on any atom is 0.308 e. The summed E-state index contributed by atoms with van der Waals surface area (Å²) in [5.41, 5.74) is 0. The molecule has 48 valence electrons. The second-order valence-electron chi connectivity index (χ2n) is 2.37. The fourth-order valence-corrected chi connectivity index (χ4v) is 0.906. The van der Waals surface area contributed by atoms with Gasteiger partial charge in [0.2, 0.25) is 0 Å². The molecular formula is C5H9F2N. The summed E-state index contributed by atoms with van der Waals surface area (Å²) in [5, 5.41) is 0. The Hall–Kier alpha value is -0.180. The predicted octanol–water partition coefficient (Wildman–Crippen LogP) is 1.16. The summed E-state index contributed by atoms with van der Waals surface area (Å²) in [6, 6.07) is -2.53. The van der Waals surface area contributed by atoms with Crippen LogP contribution in [0.3, 0.4) is 0 Å². The van der Waals surface area contributed by atoms with Gasteiger partial charge in [0, 0.05) is 12.5 Å². The maximum absolute atomic E-state index is 12.3. The monoisotopic (exact) mass is 121 g/mol. The Balaban J connectivity index is 2.52. The van der Waals surface area contributed by atoms with Crippen LogP contribution in [0.1, 0.15) is 6.92 Å². The van der Waals surface area contributed by atoms with E-state index in [9.17, 15) is 8.78 Å². The zero-order valence-electron chi connectivity index (χ0n) is 4.99. The summed E-state index contributed by atoms with van der Waals surface area (Å²) in [4.78, 5) is 1.05. The molecule has 0 amide bonds. The van der Waals surface area contributed by atoms with Crippen LogP contribution in [0.4, 0.5) is 8.78 Å². The lowest BCUT2D eigenvalue weighted by atomic mass is 10.0. The molecule has 0 N–H and O–H groups in total. The van der Waals surface area contributed by atoms with Crippen LogP contribution in [0.15, 0.2) is 0 Å². The second kappa shape index (κ2) is 1.41. The number of likely N-dealkylation sites (tertiary alicyclic amines) is 1. The highest BCUT2D eigenvalue weighted by atomic mass is 19.3. The summed E-state index contributed by atoms with van der Waals surface area (Å²) < 4.78 is 24.5. The molecule has 0 spiro atoms. The van der Waals surface area contributed by atoms with Crippen LogP contribution in [0, 0.1) is 5.92 Å². The number of halogens is 2. The van der Waals surface area contributed by atoms with Crippen molar-refractivity contribution in [2.75, 3.05) is 13.6 Å². The van der Waals surface area contributed by atoms with E-state index in [1.54, 1.807) is 6.92 Å². The molecule has 0 aromatic carbocycles. The van der Waals surface area contributed by atoms with Gasteiger partial charge in [-0.25, -0.2) is 4.90 Å². The van der Waals surface area contributed by atoms with Crippen LogP contribution < -0.4 is 0 Å². The molecule has 1 nitrogen and oxygen atoms in total. The van der Waals surface area contributed by atoms with Gasteiger partial charge in [0.15, 0.2) is 0 Å². The Morgan fingerprint density at radius 1 is 1.62 bits per heavy atom. The molecule has 1 heterocycles. The fourth-order valence-electron chi connectivity index (χ4n) is 0.906. The Labute approximate surface area is 47.3 Å². The number of alkyl halides is 2. The van der Waals surface area contributed by atoms with Gasteiger partial charge in [0.1, 0.15) is 0 Å². The molecule has 1 rings (SSSR count). The van der Waals surface area contributed by atoms with Crippen molar-refractivity contribution in [3.05, 3.63) is 0 Å². The first kappa shape index (κ1) is 5.95. The van der Waals surface area contributed by atoms with Crippen LogP contribution in [0.25, 0.3) is 0 Å². The number of rotatable bonds is 0. The molecule has 0 aromatic rings. The molecule has 0 saturated carbocycles. The van der Waals surface area contributed by atoms with Gasteiger partial charge >= 0.3 is 6.05 Å². The first-order chi connectivity index (χ1) is 3.55. The Kier molecular flexibility index (Phi) is 1.05.